The van der Waals surface area contributed by atoms with Crippen molar-refractivity contribution in [3.8, 4) is 0 Å². The third kappa shape index (κ3) is 8.98. The Labute approximate surface area is 159 Å². The Hall–Kier alpha value is -1.16. The maximum absolute atomic E-state index is 11.5. The second kappa shape index (κ2) is 14.0. The zero-order chi connectivity index (χ0) is 19.2. The van der Waals surface area contributed by atoms with Crippen LogP contribution in [-0.2, 0) is 14.3 Å². The lowest BCUT2D eigenvalue weighted by Crippen LogP contribution is -2.18. The third-order valence-electron chi connectivity index (χ3n) is 5.39. The van der Waals surface area contributed by atoms with E-state index in [1.165, 1.54) is 25.7 Å². The molecule has 0 bridgehead atoms. The van der Waals surface area contributed by atoms with Crippen molar-refractivity contribution in [2.24, 2.45) is 11.8 Å². The highest BCUT2D eigenvalue weighted by Crippen LogP contribution is 2.36. The number of aliphatic hydroxyl groups excluding tert-OH is 1. The van der Waals surface area contributed by atoms with E-state index in [1.807, 2.05) is 0 Å². The summed E-state index contributed by atoms with van der Waals surface area (Å²) < 4.78 is 4.71. The predicted octanol–water partition coefficient (Wildman–Crippen LogP) is 4.98. The Bertz CT molecular complexity index is 430. The Balaban J connectivity index is 2.21. The molecule has 0 spiro atoms. The van der Waals surface area contributed by atoms with E-state index < -0.39 is 11.8 Å². The van der Waals surface area contributed by atoms with Crippen molar-refractivity contribution in [3.05, 3.63) is 12.2 Å². The highest BCUT2D eigenvalue weighted by atomic mass is 16.5. The first-order chi connectivity index (χ1) is 12.6. The molecular weight excluding hydrogens is 328 g/mol. The highest BCUT2D eigenvalue weighted by Gasteiger charge is 2.32. The summed E-state index contributed by atoms with van der Waals surface area (Å²) >= 11 is 0. The van der Waals surface area contributed by atoms with E-state index in [0.717, 1.165) is 44.9 Å². The van der Waals surface area contributed by atoms with Gasteiger partial charge in [-0.1, -0.05) is 51.2 Å². The molecule has 26 heavy (non-hydrogen) atoms. The first-order valence-corrected chi connectivity index (χ1v) is 10.6. The summed E-state index contributed by atoms with van der Waals surface area (Å²) in [7, 11) is 0. The van der Waals surface area contributed by atoms with E-state index in [4.69, 9.17) is 4.74 Å². The number of unbranched alkanes of at least 4 members (excludes halogenated alkanes) is 6. The molecule has 1 aliphatic rings. The van der Waals surface area contributed by atoms with Gasteiger partial charge in [-0.05, 0) is 57.3 Å². The minimum atomic E-state index is -0.706. The van der Waals surface area contributed by atoms with Crippen LogP contribution in [0.4, 0.5) is 0 Å². The van der Waals surface area contributed by atoms with Crippen molar-refractivity contribution < 1.29 is 19.4 Å². The number of Topliss-reactive ketones (excluding diaryl/α,β-unsaturated/α-hetero) is 1. The smallest absolute Gasteiger partial charge is 0.374 e. The molecule has 1 fully saturated rings. The first-order valence-electron chi connectivity index (χ1n) is 10.6. The summed E-state index contributed by atoms with van der Waals surface area (Å²) in [5.74, 6) is -0.278. The van der Waals surface area contributed by atoms with Gasteiger partial charge in [0, 0.05) is 6.42 Å². The molecule has 0 saturated heterocycles. The summed E-state index contributed by atoms with van der Waals surface area (Å²) in [6.07, 6.45) is 16.6. The average Bonchev–Trinajstić information content (AvgIpc) is 2.97. The van der Waals surface area contributed by atoms with Gasteiger partial charge in [0.1, 0.15) is 0 Å². The van der Waals surface area contributed by atoms with Crippen LogP contribution in [0.2, 0.25) is 0 Å². The standard InChI is InChI=1S/C22H38O4/c1-3-5-6-7-8-10-13-18-16-17-20(23)19(18)14-11-9-12-15-21(24)22(25)26-4-2/h10,13,18-20,23H,3-9,11-12,14-17H2,1-2H3/t18-,19+,20+/m0/s1. The third-order valence-corrected chi connectivity index (χ3v) is 5.39. The fraction of sp³-hybridized carbons (Fsp3) is 0.818. The van der Waals surface area contributed by atoms with Crippen molar-refractivity contribution in [1.82, 2.24) is 0 Å². The summed E-state index contributed by atoms with van der Waals surface area (Å²) in [6, 6.07) is 0. The number of rotatable bonds is 14. The average molecular weight is 367 g/mol. The number of esters is 1. The van der Waals surface area contributed by atoms with Crippen molar-refractivity contribution in [2.45, 2.75) is 97.0 Å². The predicted molar refractivity (Wildman–Crippen MR) is 105 cm³/mol. The van der Waals surface area contributed by atoms with E-state index in [-0.39, 0.29) is 19.1 Å². The van der Waals surface area contributed by atoms with Gasteiger partial charge in [0.25, 0.3) is 0 Å². The van der Waals surface area contributed by atoms with Crippen molar-refractivity contribution in [1.29, 1.82) is 0 Å². The number of aliphatic hydroxyl groups is 1. The molecule has 0 unspecified atom stereocenters. The van der Waals surface area contributed by atoms with Crippen molar-refractivity contribution >= 4 is 11.8 Å². The summed E-state index contributed by atoms with van der Waals surface area (Å²) in [4.78, 5) is 22.8. The van der Waals surface area contributed by atoms with Crippen LogP contribution < -0.4 is 0 Å². The Morgan fingerprint density at radius 1 is 1.04 bits per heavy atom. The molecule has 0 aromatic rings. The maximum Gasteiger partial charge on any atom is 0.374 e. The molecule has 1 rings (SSSR count). The van der Waals surface area contributed by atoms with Crippen LogP contribution in [0.1, 0.15) is 90.9 Å². The van der Waals surface area contributed by atoms with Gasteiger partial charge >= 0.3 is 5.97 Å². The van der Waals surface area contributed by atoms with Gasteiger partial charge < -0.3 is 9.84 Å². The molecule has 0 aliphatic heterocycles. The quantitative estimate of drug-likeness (QED) is 0.204. The van der Waals surface area contributed by atoms with Gasteiger partial charge in [0.2, 0.25) is 5.78 Å². The topological polar surface area (TPSA) is 63.6 Å². The molecular formula is C22H38O4. The van der Waals surface area contributed by atoms with Crippen LogP contribution in [0.3, 0.4) is 0 Å². The maximum atomic E-state index is 11.5. The van der Waals surface area contributed by atoms with Gasteiger partial charge in [0.15, 0.2) is 0 Å². The van der Waals surface area contributed by atoms with Crippen LogP contribution in [-0.4, -0.2) is 29.6 Å². The second-order valence-electron chi connectivity index (χ2n) is 7.49. The molecule has 0 radical (unpaired) electrons. The number of carbonyl (C=O) groups is 2. The van der Waals surface area contributed by atoms with Crippen LogP contribution >= 0.6 is 0 Å². The molecule has 1 saturated carbocycles. The molecule has 1 N–H and O–H groups in total. The fourth-order valence-corrected chi connectivity index (χ4v) is 3.84. The molecule has 0 aromatic heterocycles. The fourth-order valence-electron chi connectivity index (χ4n) is 3.84. The lowest BCUT2D eigenvalue weighted by atomic mass is 9.88. The lowest BCUT2D eigenvalue weighted by Gasteiger charge is -2.19. The lowest BCUT2D eigenvalue weighted by molar-refractivity contribution is -0.153. The van der Waals surface area contributed by atoms with Crippen LogP contribution in [0, 0.1) is 11.8 Å². The molecule has 0 heterocycles. The number of carbonyl (C=O) groups excluding carboxylic acids is 2. The zero-order valence-corrected chi connectivity index (χ0v) is 16.8. The Morgan fingerprint density at radius 3 is 2.54 bits per heavy atom. The monoisotopic (exact) mass is 366 g/mol. The van der Waals surface area contributed by atoms with Crippen LogP contribution in [0.5, 0.6) is 0 Å². The normalized spacial score (nSPS) is 22.8. The van der Waals surface area contributed by atoms with E-state index in [0.29, 0.717) is 11.8 Å². The number of ketones is 1. The second-order valence-corrected chi connectivity index (χ2v) is 7.49. The largest absolute Gasteiger partial charge is 0.460 e. The SMILES string of the molecule is CCCCCCC=C[C@H]1CC[C@@H](O)[C@@H]1CCCCCC(=O)C(=O)OCC. The van der Waals surface area contributed by atoms with Gasteiger partial charge in [0.05, 0.1) is 12.7 Å². The van der Waals surface area contributed by atoms with Gasteiger partial charge in [-0.3, -0.25) is 4.79 Å². The van der Waals surface area contributed by atoms with Crippen LogP contribution in [0.25, 0.3) is 0 Å². The number of ether oxygens (including phenoxy) is 1. The number of hydrogen-bond donors (Lipinski definition) is 1. The zero-order valence-electron chi connectivity index (χ0n) is 16.8. The minimum Gasteiger partial charge on any atom is -0.460 e. The van der Waals surface area contributed by atoms with Gasteiger partial charge in [-0.25, -0.2) is 4.79 Å². The summed E-state index contributed by atoms with van der Waals surface area (Å²) in [6.45, 7) is 4.18. The van der Waals surface area contributed by atoms with Gasteiger partial charge in [-0.15, -0.1) is 0 Å². The Kier molecular flexibility index (Phi) is 12.3. The van der Waals surface area contributed by atoms with E-state index in [2.05, 4.69) is 19.1 Å². The summed E-state index contributed by atoms with van der Waals surface area (Å²) in [5, 5.41) is 10.3. The molecule has 3 atom stereocenters. The molecule has 4 heteroatoms. The van der Waals surface area contributed by atoms with Crippen molar-refractivity contribution in [2.75, 3.05) is 6.61 Å². The van der Waals surface area contributed by atoms with Gasteiger partial charge in [-0.2, -0.15) is 0 Å². The van der Waals surface area contributed by atoms with Crippen molar-refractivity contribution in [3.63, 3.8) is 0 Å². The molecule has 1 aliphatic carbocycles. The summed E-state index contributed by atoms with van der Waals surface area (Å²) in [5.41, 5.74) is 0. The molecule has 150 valence electrons. The number of allylic oxidation sites excluding steroid dienone is 2. The highest BCUT2D eigenvalue weighted by molar-refractivity contribution is 6.33. The molecule has 0 aromatic carbocycles. The van der Waals surface area contributed by atoms with E-state index in [9.17, 15) is 14.7 Å². The molecule has 0 amide bonds. The minimum absolute atomic E-state index is 0.189. The Morgan fingerprint density at radius 2 is 1.81 bits per heavy atom. The van der Waals surface area contributed by atoms with Crippen LogP contribution in [0.15, 0.2) is 12.2 Å². The molecule has 4 nitrogen and oxygen atoms in total. The van der Waals surface area contributed by atoms with E-state index >= 15 is 0 Å². The first kappa shape index (κ1) is 22.9. The number of hydrogen-bond acceptors (Lipinski definition) is 4. The van der Waals surface area contributed by atoms with E-state index in [1.54, 1.807) is 6.92 Å².